The molecule has 0 aromatic heterocycles. The fraction of sp³-hybridized carbons (Fsp3) is 0.333. The van der Waals surface area contributed by atoms with Crippen LogP contribution in [0.15, 0.2) is 24.0 Å². The van der Waals surface area contributed by atoms with E-state index in [4.69, 9.17) is 5.11 Å². The second-order valence-corrected chi connectivity index (χ2v) is 3.16. The molecule has 3 heteroatoms. The van der Waals surface area contributed by atoms with Gasteiger partial charge in [0.05, 0.1) is 5.34 Å². The van der Waals surface area contributed by atoms with Crippen LogP contribution < -0.4 is 0 Å². The maximum absolute atomic E-state index is 9.21. The lowest BCUT2D eigenvalue weighted by molar-refractivity contribution is 0.185. The summed E-state index contributed by atoms with van der Waals surface area (Å²) in [6.07, 6.45) is 5.07. The van der Waals surface area contributed by atoms with E-state index >= 15 is 0 Å². The average Bonchev–Trinajstić information content (AvgIpc) is 1.78. The highest BCUT2D eigenvalue weighted by molar-refractivity contribution is 7.18. The van der Waals surface area contributed by atoms with Crippen molar-refractivity contribution in [3.8, 4) is 0 Å². The van der Waals surface area contributed by atoms with Crippen molar-refractivity contribution in [1.29, 1.82) is 0 Å². The lowest BCUT2D eigenvalue weighted by Crippen LogP contribution is -2.16. The molecule has 0 aromatic rings. The number of hydrogen-bond acceptors (Lipinski definition) is 2. The van der Waals surface area contributed by atoms with Gasteiger partial charge in [-0.2, -0.15) is 0 Å². The van der Waals surface area contributed by atoms with Crippen LogP contribution in [0.4, 0.5) is 0 Å². The first-order valence-corrected chi connectivity index (χ1v) is 3.27. The molecule has 0 saturated carbocycles. The third-order valence-electron chi connectivity index (χ3n) is 1.18. The molecule has 0 aliphatic heterocycles. The van der Waals surface area contributed by atoms with Crippen LogP contribution >= 0.6 is 9.24 Å². The van der Waals surface area contributed by atoms with E-state index in [2.05, 4.69) is 9.24 Å². The highest BCUT2D eigenvalue weighted by Gasteiger charge is 2.17. The number of rotatable bonds is 0. The molecule has 0 saturated heterocycles. The van der Waals surface area contributed by atoms with Gasteiger partial charge < -0.3 is 10.2 Å². The smallest absolute Gasteiger partial charge is 0.111 e. The van der Waals surface area contributed by atoms with Crippen LogP contribution in [0, 0.1) is 0 Å². The molecule has 50 valence electrons. The standard InChI is InChI=1S/C6H9O2P/c7-5-1-3-6(8,9)4-2-5/h1-3,7-8H,4,9H2. The zero-order valence-electron chi connectivity index (χ0n) is 4.91. The Morgan fingerprint density at radius 3 is 2.67 bits per heavy atom. The fourth-order valence-corrected chi connectivity index (χ4v) is 0.848. The second kappa shape index (κ2) is 2.13. The van der Waals surface area contributed by atoms with E-state index in [1.807, 2.05) is 0 Å². The van der Waals surface area contributed by atoms with Crippen LogP contribution in [0.5, 0.6) is 0 Å². The molecule has 0 radical (unpaired) electrons. The molecule has 2 nitrogen and oxygen atoms in total. The summed E-state index contributed by atoms with van der Waals surface area (Å²) >= 11 is 0. The lowest BCUT2D eigenvalue weighted by atomic mass is 10.1. The molecule has 2 N–H and O–H groups in total. The topological polar surface area (TPSA) is 40.5 Å². The van der Waals surface area contributed by atoms with Gasteiger partial charge in [0.25, 0.3) is 0 Å². The molecule has 1 aliphatic carbocycles. The molecule has 0 heterocycles. The van der Waals surface area contributed by atoms with Crippen molar-refractivity contribution >= 4 is 9.24 Å². The van der Waals surface area contributed by atoms with Gasteiger partial charge in [0.2, 0.25) is 0 Å². The highest BCUT2D eigenvalue weighted by Crippen LogP contribution is 2.25. The van der Waals surface area contributed by atoms with Crippen molar-refractivity contribution in [3.05, 3.63) is 24.0 Å². The third kappa shape index (κ3) is 1.81. The minimum absolute atomic E-state index is 0.224. The Hall–Kier alpha value is -0.330. The first-order valence-electron chi connectivity index (χ1n) is 2.70. The van der Waals surface area contributed by atoms with Gasteiger partial charge in [-0.25, -0.2) is 0 Å². The number of aliphatic hydroxyl groups excluding tert-OH is 1. The van der Waals surface area contributed by atoms with Crippen LogP contribution in [-0.2, 0) is 0 Å². The first kappa shape index (κ1) is 6.79. The number of aliphatic hydroxyl groups is 2. The Kier molecular flexibility index (Phi) is 1.60. The van der Waals surface area contributed by atoms with E-state index in [9.17, 15) is 5.11 Å². The molecule has 0 spiro atoms. The lowest BCUT2D eigenvalue weighted by Gasteiger charge is -2.18. The summed E-state index contributed by atoms with van der Waals surface area (Å²) in [5.41, 5.74) is 0. The van der Waals surface area contributed by atoms with E-state index in [-0.39, 0.29) is 5.76 Å². The van der Waals surface area contributed by atoms with Gasteiger partial charge >= 0.3 is 0 Å². The van der Waals surface area contributed by atoms with Crippen molar-refractivity contribution < 1.29 is 10.2 Å². The fourth-order valence-electron chi connectivity index (χ4n) is 0.634. The third-order valence-corrected chi connectivity index (χ3v) is 1.61. The Morgan fingerprint density at radius 2 is 2.33 bits per heavy atom. The maximum atomic E-state index is 9.21. The van der Waals surface area contributed by atoms with Gasteiger partial charge in [0.1, 0.15) is 5.76 Å². The summed E-state index contributed by atoms with van der Waals surface area (Å²) in [5, 5.41) is 17.2. The van der Waals surface area contributed by atoms with E-state index < -0.39 is 5.34 Å². The number of hydrogen-bond donors (Lipinski definition) is 2. The molecular weight excluding hydrogens is 135 g/mol. The summed E-state index contributed by atoms with van der Waals surface area (Å²) in [7, 11) is 2.29. The van der Waals surface area contributed by atoms with Gasteiger partial charge in [0.15, 0.2) is 0 Å². The monoisotopic (exact) mass is 144 g/mol. The largest absolute Gasteiger partial charge is 0.508 e. The molecule has 0 bridgehead atoms. The Morgan fingerprint density at radius 1 is 1.67 bits per heavy atom. The SMILES string of the molecule is OC1=CCC(O)(P)C=C1. The van der Waals surface area contributed by atoms with E-state index in [0.29, 0.717) is 6.42 Å². The van der Waals surface area contributed by atoms with Gasteiger partial charge in [-0.3, -0.25) is 0 Å². The van der Waals surface area contributed by atoms with Crippen LogP contribution in [0.25, 0.3) is 0 Å². The zero-order valence-corrected chi connectivity index (χ0v) is 6.07. The summed E-state index contributed by atoms with van der Waals surface area (Å²) in [6, 6.07) is 0. The van der Waals surface area contributed by atoms with Crippen molar-refractivity contribution in [2.75, 3.05) is 0 Å². The minimum Gasteiger partial charge on any atom is -0.508 e. The van der Waals surface area contributed by atoms with Crippen LogP contribution in [0.3, 0.4) is 0 Å². The summed E-state index contributed by atoms with van der Waals surface area (Å²) in [6.45, 7) is 0. The Labute approximate surface area is 56.1 Å². The summed E-state index contributed by atoms with van der Waals surface area (Å²) in [5.74, 6) is 0.224. The predicted molar refractivity (Wildman–Crippen MR) is 39.1 cm³/mol. The van der Waals surface area contributed by atoms with E-state index in [1.54, 1.807) is 12.2 Å². The Bertz CT molecular complexity index is 170. The van der Waals surface area contributed by atoms with Gasteiger partial charge in [0, 0.05) is 6.42 Å². The summed E-state index contributed by atoms with van der Waals surface area (Å²) in [4.78, 5) is 0. The van der Waals surface area contributed by atoms with Crippen LogP contribution in [-0.4, -0.2) is 15.6 Å². The number of allylic oxidation sites excluding steroid dienone is 1. The second-order valence-electron chi connectivity index (χ2n) is 2.16. The minimum atomic E-state index is -0.841. The van der Waals surface area contributed by atoms with Crippen molar-refractivity contribution in [1.82, 2.24) is 0 Å². The molecule has 0 fully saturated rings. The average molecular weight is 144 g/mol. The molecule has 1 aliphatic rings. The van der Waals surface area contributed by atoms with Crippen LogP contribution in [0.2, 0.25) is 0 Å². The van der Waals surface area contributed by atoms with Gasteiger partial charge in [-0.15, -0.1) is 0 Å². The van der Waals surface area contributed by atoms with Crippen LogP contribution in [0.1, 0.15) is 6.42 Å². The van der Waals surface area contributed by atoms with Crippen molar-refractivity contribution in [2.45, 2.75) is 11.8 Å². The van der Waals surface area contributed by atoms with Gasteiger partial charge in [-0.05, 0) is 18.2 Å². The van der Waals surface area contributed by atoms with E-state index in [0.717, 1.165) is 0 Å². The zero-order chi connectivity index (χ0) is 6.91. The maximum Gasteiger partial charge on any atom is 0.111 e. The van der Waals surface area contributed by atoms with Gasteiger partial charge in [-0.1, -0.05) is 9.24 Å². The molecular formula is C6H9O2P. The van der Waals surface area contributed by atoms with E-state index in [1.165, 1.54) is 6.08 Å². The summed E-state index contributed by atoms with van der Waals surface area (Å²) < 4.78 is 0. The molecule has 9 heavy (non-hydrogen) atoms. The van der Waals surface area contributed by atoms with Crippen molar-refractivity contribution in [2.24, 2.45) is 0 Å². The quantitative estimate of drug-likeness (QED) is 0.497. The predicted octanol–water partition coefficient (Wildman–Crippen LogP) is 0.952. The van der Waals surface area contributed by atoms with Crippen molar-refractivity contribution in [3.63, 3.8) is 0 Å². The first-order chi connectivity index (χ1) is 4.10. The molecule has 2 unspecified atom stereocenters. The Balaban J connectivity index is 2.70. The molecule has 1 rings (SSSR count). The highest BCUT2D eigenvalue weighted by atomic mass is 31.0. The molecule has 0 aromatic carbocycles. The molecule has 2 atom stereocenters. The molecule has 0 amide bonds. The normalized spacial score (nSPS) is 34.2.